The van der Waals surface area contributed by atoms with E-state index in [1.165, 1.54) is 18.4 Å². The predicted molar refractivity (Wildman–Crippen MR) is 126 cm³/mol. The Morgan fingerprint density at radius 2 is 1.90 bits per heavy atom. The molecule has 6 heteroatoms. The van der Waals surface area contributed by atoms with Crippen molar-refractivity contribution in [1.29, 1.82) is 0 Å². The number of para-hydroxylation sites is 1. The summed E-state index contributed by atoms with van der Waals surface area (Å²) in [5.41, 5.74) is 4.26. The summed E-state index contributed by atoms with van der Waals surface area (Å²) in [6, 6.07) is 16.5. The molecule has 1 unspecified atom stereocenters. The molecule has 4 rings (SSSR count). The largest absolute Gasteiger partial charge is 0.496 e. The molecular formula is C25H29N3O2S. The molecule has 0 bridgehead atoms. The zero-order chi connectivity index (χ0) is 21.6. The first kappa shape index (κ1) is 21.5. The molecule has 1 saturated heterocycles. The predicted octanol–water partition coefficient (Wildman–Crippen LogP) is 4.62. The number of hydrogen-bond donors (Lipinski definition) is 1. The number of aromatic nitrogens is 1. The zero-order valence-corrected chi connectivity index (χ0v) is 19.0. The molecule has 1 aromatic heterocycles. The fourth-order valence-electron chi connectivity index (χ4n) is 4.09. The van der Waals surface area contributed by atoms with Gasteiger partial charge in [-0.05, 0) is 38.9 Å². The van der Waals surface area contributed by atoms with Crippen LogP contribution in [-0.2, 0) is 11.2 Å². The van der Waals surface area contributed by atoms with E-state index in [0.717, 1.165) is 40.7 Å². The highest BCUT2D eigenvalue weighted by Gasteiger charge is 2.26. The minimum Gasteiger partial charge on any atom is -0.496 e. The number of benzene rings is 2. The molecule has 1 N–H and O–H groups in total. The van der Waals surface area contributed by atoms with Crippen LogP contribution in [0.5, 0.6) is 5.75 Å². The molecule has 0 saturated carbocycles. The standard InChI is InChI=1S/C25H29N3O2S/c1-18-9-11-19(12-10-18)25-27-20(17-31-25)15-24(29)26-16-22(28-13-5-6-14-28)21-7-3-4-8-23(21)30-2/h3-4,7-12,17,22H,5-6,13-16H2,1-2H3,(H,26,29). The molecule has 162 valence electrons. The smallest absolute Gasteiger partial charge is 0.226 e. The van der Waals surface area contributed by atoms with Gasteiger partial charge in [-0.15, -0.1) is 11.3 Å². The minimum atomic E-state index is -0.000138. The zero-order valence-electron chi connectivity index (χ0n) is 18.1. The molecule has 2 heterocycles. The lowest BCUT2D eigenvalue weighted by atomic mass is 10.0. The number of aryl methyl sites for hydroxylation is 1. The van der Waals surface area contributed by atoms with E-state index in [1.54, 1.807) is 18.4 Å². The Balaban J connectivity index is 1.41. The number of carbonyl (C=O) groups is 1. The first-order chi connectivity index (χ1) is 15.1. The van der Waals surface area contributed by atoms with Crippen molar-refractivity contribution in [2.45, 2.75) is 32.2 Å². The number of likely N-dealkylation sites (tertiary alicyclic amines) is 1. The summed E-state index contributed by atoms with van der Waals surface area (Å²) in [5, 5.41) is 6.07. The van der Waals surface area contributed by atoms with Crippen LogP contribution < -0.4 is 10.1 Å². The van der Waals surface area contributed by atoms with Crippen LogP contribution in [-0.4, -0.2) is 42.5 Å². The highest BCUT2D eigenvalue weighted by Crippen LogP contribution is 2.31. The number of amides is 1. The van der Waals surface area contributed by atoms with Gasteiger partial charge in [0.2, 0.25) is 5.91 Å². The van der Waals surface area contributed by atoms with Crippen LogP contribution in [0.15, 0.2) is 53.9 Å². The van der Waals surface area contributed by atoms with Gasteiger partial charge in [-0.2, -0.15) is 0 Å². The maximum absolute atomic E-state index is 12.7. The Hall–Kier alpha value is -2.70. The number of nitrogens with one attached hydrogen (secondary N) is 1. The van der Waals surface area contributed by atoms with Crippen molar-refractivity contribution in [3.05, 3.63) is 70.7 Å². The normalized spacial score (nSPS) is 15.0. The van der Waals surface area contributed by atoms with Gasteiger partial charge in [0.05, 0.1) is 25.3 Å². The van der Waals surface area contributed by atoms with Crippen molar-refractivity contribution in [2.24, 2.45) is 0 Å². The third kappa shape index (κ3) is 5.32. The summed E-state index contributed by atoms with van der Waals surface area (Å²) in [4.78, 5) is 19.8. The number of carbonyl (C=O) groups excluding carboxylic acids is 1. The van der Waals surface area contributed by atoms with Crippen LogP contribution in [0.25, 0.3) is 10.6 Å². The lowest BCUT2D eigenvalue weighted by Gasteiger charge is -2.29. The van der Waals surface area contributed by atoms with Gasteiger partial charge in [0, 0.05) is 23.1 Å². The fourth-order valence-corrected chi connectivity index (χ4v) is 4.91. The van der Waals surface area contributed by atoms with Crippen LogP contribution in [0.3, 0.4) is 0 Å². The van der Waals surface area contributed by atoms with E-state index in [0.29, 0.717) is 13.0 Å². The molecule has 3 aromatic rings. The van der Waals surface area contributed by atoms with E-state index in [4.69, 9.17) is 4.74 Å². The Morgan fingerprint density at radius 1 is 1.16 bits per heavy atom. The third-order valence-corrected chi connectivity index (χ3v) is 6.70. The van der Waals surface area contributed by atoms with Gasteiger partial charge in [0.15, 0.2) is 0 Å². The van der Waals surface area contributed by atoms with Gasteiger partial charge in [-0.25, -0.2) is 4.98 Å². The van der Waals surface area contributed by atoms with Crippen molar-refractivity contribution >= 4 is 17.2 Å². The Kier molecular flexibility index (Phi) is 6.99. The summed E-state index contributed by atoms with van der Waals surface area (Å²) < 4.78 is 5.59. The molecule has 1 aliphatic heterocycles. The molecule has 5 nitrogen and oxygen atoms in total. The number of nitrogens with zero attached hydrogens (tertiary/aromatic N) is 2. The van der Waals surface area contributed by atoms with Gasteiger partial charge in [-0.3, -0.25) is 9.69 Å². The monoisotopic (exact) mass is 435 g/mol. The van der Waals surface area contributed by atoms with Crippen molar-refractivity contribution in [1.82, 2.24) is 15.2 Å². The van der Waals surface area contributed by atoms with Gasteiger partial charge in [-0.1, -0.05) is 48.0 Å². The van der Waals surface area contributed by atoms with Gasteiger partial charge < -0.3 is 10.1 Å². The first-order valence-electron chi connectivity index (χ1n) is 10.8. The molecule has 1 amide bonds. The second-order valence-electron chi connectivity index (χ2n) is 7.99. The van der Waals surface area contributed by atoms with Crippen molar-refractivity contribution < 1.29 is 9.53 Å². The summed E-state index contributed by atoms with van der Waals surface area (Å²) >= 11 is 1.58. The third-order valence-electron chi connectivity index (χ3n) is 5.76. The molecule has 2 aromatic carbocycles. The summed E-state index contributed by atoms with van der Waals surface area (Å²) in [7, 11) is 1.70. The maximum Gasteiger partial charge on any atom is 0.226 e. The van der Waals surface area contributed by atoms with Gasteiger partial charge >= 0.3 is 0 Å². The average molecular weight is 436 g/mol. The SMILES string of the molecule is COc1ccccc1C(CNC(=O)Cc1csc(-c2ccc(C)cc2)n1)N1CCCC1. The summed E-state index contributed by atoms with van der Waals surface area (Å²) in [5.74, 6) is 0.871. The van der Waals surface area contributed by atoms with Crippen LogP contribution >= 0.6 is 11.3 Å². The topological polar surface area (TPSA) is 54.5 Å². The van der Waals surface area contributed by atoms with E-state index in [1.807, 2.05) is 23.6 Å². The minimum absolute atomic E-state index is 0.000138. The second kappa shape index (κ2) is 10.1. The van der Waals surface area contributed by atoms with Crippen molar-refractivity contribution in [2.75, 3.05) is 26.7 Å². The highest BCUT2D eigenvalue weighted by molar-refractivity contribution is 7.13. The number of hydrogen-bond acceptors (Lipinski definition) is 5. The van der Waals surface area contributed by atoms with Crippen molar-refractivity contribution in [3.63, 3.8) is 0 Å². The first-order valence-corrected chi connectivity index (χ1v) is 11.7. The highest BCUT2D eigenvalue weighted by atomic mass is 32.1. The maximum atomic E-state index is 12.7. The lowest BCUT2D eigenvalue weighted by Crippen LogP contribution is -2.37. The van der Waals surface area contributed by atoms with Crippen LogP contribution in [0.2, 0.25) is 0 Å². The van der Waals surface area contributed by atoms with Crippen LogP contribution in [0, 0.1) is 6.92 Å². The quantitative estimate of drug-likeness (QED) is 0.561. The molecule has 0 radical (unpaired) electrons. The lowest BCUT2D eigenvalue weighted by molar-refractivity contribution is -0.120. The summed E-state index contributed by atoms with van der Waals surface area (Å²) in [6.07, 6.45) is 2.68. The second-order valence-corrected chi connectivity index (χ2v) is 8.85. The number of thiazole rings is 1. The molecule has 1 atom stereocenters. The van der Waals surface area contributed by atoms with E-state index in [2.05, 4.69) is 52.5 Å². The fraction of sp³-hybridized carbons (Fsp3) is 0.360. The molecule has 31 heavy (non-hydrogen) atoms. The van der Waals surface area contributed by atoms with E-state index < -0.39 is 0 Å². The molecule has 1 fully saturated rings. The number of ether oxygens (including phenoxy) is 1. The number of rotatable bonds is 8. The molecule has 1 aliphatic rings. The molecule has 0 aliphatic carbocycles. The van der Waals surface area contributed by atoms with Gasteiger partial charge in [0.25, 0.3) is 0 Å². The van der Waals surface area contributed by atoms with E-state index in [-0.39, 0.29) is 11.9 Å². The van der Waals surface area contributed by atoms with Crippen LogP contribution in [0.4, 0.5) is 0 Å². The Bertz CT molecular complexity index is 1010. The Labute approximate surface area is 188 Å². The van der Waals surface area contributed by atoms with E-state index in [9.17, 15) is 4.79 Å². The molecule has 0 spiro atoms. The van der Waals surface area contributed by atoms with Crippen LogP contribution in [0.1, 0.15) is 35.7 Å². The van der Waals surface area contributed by atoms with Gasteiger partial charge in [0.1, 0.15) is 10.8 Å². The Morgan fingerprint density at radius 3 is 2.65 bits per heavy atom. The molecular weight excluding hydrogens is 406 g/mol. The van der Waals surface area contributed by atoms with Crippen molar-refractivity contribution in [3.8, 4) is 16.3 Å². The average Bonchev–Trinajstić information content (AvgIpc) is 3.47. The summed E-state index contributed by atoms with van der Waals surface area (Å²) in [6.45, 7) is 4.73. The van der Waals surface area contributed by atoms with E-state index >= 15 is 0 Å². The number of methoxy groups -OCH3 is 1.